The SMILES string of the molecule is Cc1ccc(Sc2c(-c3ccc(C#N)cc3)nc(-c3ccn[nH]3)n2C)cc1. The number of H-pyrrole nitrogens is 1. The topological polar surface area (TPSA) is 70.3 Å². The van der Waals surface area contributed by atoms with Gasteiger partial charge in [-0.3, -0.25) is 5.10 Å². The summed E-state index contributed by atoms with van der Waals surface area (Å²) in [7, 11) is 2.01. The van der Waals surface area contributed by atoms with E-state index in [1.165, 1.54) is 5.56 Å². The van der Waals surface area contributed by atoms with E-state index >= 15 is 0 Å². The van der Waals surface area contributed by atoms with Crippen LogP contribution in [0.5, 0.6) is 0 Å². The van der Waals surface area contributed by atoms with E-state index in [0.717, 1.165) is 32.7 Å². The fourth-order valence-electron chi connectivity index (χ4n) is 2.83. The Hall–Kier alpha value is -3.30. The largest absolute Gasteiger partial charge is 0.320 e. The van der Waals surface area contributed by atoms with Crippen LogP contribution in [0.4, 0.5) is 0 Å². The number of aromatic amines is 1. The van der Waals surface area contributed by atoms with Crippen molar-refractivity contribution in [1.82, 2.24) is 19.7 Å². The first kappa shape index (κ1) is 17.1. The average Bonchev–Trinajstić information content (AvgIpc) is 3.33. The molecule has 2 aromatic heterocycles. The second-order valence-corrected chi connectivity index (χ2v) is 7.28. The molecule has 5 nitrogen and oxygen atoms in total. The summed E-state index contributed by atoms with van der Waals surface area (Å²) < 4.78 is 2.07. The first-order valence-corrected chi connectivity index (χ1v) is 9.29. The molecule has 0 aliphatic rings. The van der Waals surface area contributed by atoms with Gasteiger partial charge in [0.2, 0.25) is 0 Å². The lowest BCUT2D eigenvalue weighted by Gasteiger charge is -2.07. The van der Waals surface area contributed by atoms with Gasteiger partial charge >= 0.3 is 0 Å². The molecule has 0 saturated heterocycles. The highest BCUT2D eigenvalue weighted by Gasteiger charge is 2.19. The van der Waals surface area contributed by atoms with Gasteiger partial charge in [0.25, 0.3) is 0 Å². The van der Waals surface area contributed by atoms with E-state index in [2.05, 4.69) is 52.0 Å². The van der Waals surface area contributed by atoms with E-state index < -0.39 is 0 Å². The molecule has 4 rings (SSSR count). The van der Waals surface area contributed by atoms with Gasteiger partial charge in [-0.05, 0) is 37.3 Å². The Morgan fingerprint density at radius 2 is 1.78 bits per heavy atom. The molecule has 27 heavy (non-hydrogen) atoms. The number of imidazole rings is 1. The van der Waals surface area contributed by atoms with E-state index in [1.807, 2.05) is 37.4 Å². The molecule has 1 N–H and O–H groups in total. The zero-order valence-corrected chi connectivity index (χ0v) is 15.8. The van der Waals surface area contributed by atoms with Crippen LogP contribution >= 0.6 is 11.8 Å². The highest BCUT2D eigenvalue weighted by atomic mass is 32.2. The number of aromatic nitrogens is 4. The number of benzene rings is 2. The first-order valence-electron chi connectivity index (χ1n) is 8.47. The monoisotopic (exact) mass is 371 g/mol. The molecule has 0 saturated carbocycles. The quantitative estimate of drug-likeness (QED) is 0.559. The van der Waals surface area contributed by atoms with Crippen molar-refractivity contribution < 1.29 is 0 Å². The Morgan fingerprint density at radius 3 is 2.41 bits per heavy atom. The van der Waals surface area contributed by atoms with Crippen LogP contribution in [0.25, 0.3) is 22.8 Å². The third-order valence-corrected chi connectivity index (χ3v) is 5.48. The Labute approximate surface area is 161 Å². The van der Waals surface area contributed by atoms with Gasteiger partial charge in [-0.25, -0.2) is 4.98 Å². The van der Waals surface area contributed by atoms with Crippen molar-refractivity contribution in [2.45, 2.75) is 16.8 Å². The summed E-state index contributed by atoms with van der Waals surface area (Å²) >= 11 is 1.67. The second kappa shape index (κ2) is 7.14. The molecular weight excluding hydrogens is 354 g/mol. The molecule has 0 bridgehead atoms. The summed E-state index contributed by atoms with van der Waals surface area (Å²) in [5.74, 6) is 0.821. The van der Waals surface area contributed by atoms with Gasteiger partial charge < -0.3 is 4.57 Å². The van der Waals surface area contributed by atoms with E-state index in [1.54, 1.807) is 18.0 Å². The minimum Gasteiger partial charge on any atom is -0.320 e. The van der Waals surface area contributed by atoms with Gasteiger partial charge in [-0.15, -0.1) is 0 Å². The lowest BCUT2D eigenvalue weighted by Crippen LogP contribution is -1.95. The van der Waals surface area contributed by atoms with Crippen LogP contribution in [0.1, 0.15) is 11.1 Å². The molecular formula is C21H17N5S. The molecule has 0 spiro atoms. The van der Waals surface area contributed by atoms with Crippen LogP contribution in [-0.2, 0) is 7.05 Å². The van der Waals surface area contributed by atoms with E-state index in [4.69, 9.17) is 10.2 Å². The van der Waals surface area contributed by atoms with Crippen molar-refractivity contribution in [3.63, 3.8) is 0 Å². The summed E-state index contributed by atoms with van der Waals surface area (Å²) in [6, 6.07) is 20.0. The second-order valence-electron chi connectivity index (χ2n) is 6.22. The maximum absolute atomic E-state index is 9.06. The molecule has 132 valence electrons. The van der Waals surface area contributed by atoms with Gasteiger partial charge in [0.05, 0.1) is 11.6 Å². The number of nitrogens with zero attached hydrogens (tertiary/aromatic N) is 4. The van der Waals surface area contributed by atoms with E-state index in [9.17, 15) is 0 Å². The summed E-state index contributed by atoms with van der Waals surface area (Å²) in [5, 5.41) is 17.1. The molecule has 0 amide bonds. The lowest BCUT2D eigenvalue weighted by atomic mass is 10.1. The molecule has 0 aliphatic carbocycles. The molecule has 2 aromatic carbocycles. The number of nitrogens with one attached hydrogen (secondary N) is 1. The Balaban J connectivity index is 1.83. The number of hydrogen-bond donors (Lipinski definition) is 1. The van der Waals surface area contributed by atoms with Crippen LogP contribution in [0.2, 0.25) is 0 Å². The zero-order valence-electron chi connectivity index (χ0n) is 15.0. The Kier molecular flexibility index (Phi) is 4.53. The smallest absolute Gasteiger partial charge is 0.159 e. The number of nitriles is 1. The highest BCUT2D eigenvalue weighted by Crippen LogP contribution is 2.38. The van der Waals surface area contributed by atoms with Crippen molar-refractivity contribution in [2.75, 3.05) is 0 Å². The molecule has 0 radical (unpaired) electrons. The number of aryl methyl sites for hydroxylation is 1. The molecule has 2 heterocycles. The van der Waals surface area contributed by atoms with Crippen molar-refractivity contribution in [2.24, 2.45) is 7.05 Å². The Morgan fingerprint density at radius 1 is 1.04 bits per heavy atom. The van der Waals surface area contributed by atoms with Crippen molar-refractivity contribution in [1.29, 1.82) is 5.26 Å². The standard InChI is InChI=1S/C21H17N5S/c1-14-3-9-17(10-4-14)27-21-19(16-7-5-15(13-22)6-8-16)24-20(26(21)2)18-11-12-23-25-18/h3-12H,1-2H3,(H,23,25). The summed E-state index contributed by atoms with van der Waals surface area (Å²) in [6.07, 6.45) is 1.72. The lowest BCUT2D eigenvalue weighted by molar-refractivity contribution is 0.830. The van der Waals surface area contributed by atoms with E-state index in [0.29, 0.717) is 5.56 Å². The van der Waals surface area contributed by atoms with Crippen molar-refractivity contribution in [3.05, 3.63) is 71.9 Å². The molecule has 0 atom stereocenters. The summed E-state index contributed by atoms with van der Waals surface area (Å²) in [5.41, 5.74) is 4.59. The Bertz CT molecular complexity index is 1100. The number of hydrogen-bond acceptors (Lipinski definition) is 4. The normalized spacial score (nSPS) is 10.7. The van der Waals surface area contributed by atoms with Crippen molar-refractivity contribution in [3.8, 4) is 28.8 Å². The van der Waals surface area contributed by atoms with Gasteiger partial charge in [-0.2, -0.15) is 10.4 Å². The summed E-state index contributed by atoms with van der Waals surface area (Å²) in [4.78, 5) is 6.03. The minimum atomic E-state index is 0.635. The molecule has 0 unspecified atom stereocenters. The first-order chi connectivity index (χ1) is 13.2. The predicted molar refractivity (Wildman–Crippen MR) is 106 cm³/mol. The van der Waals surface area contributed by atoms with Gasteiger partial charge in [-0.1, -0.05) is 41.6 Å². The fraction of sp³-hybridized carbons (Fsp3) is 0.0952. The van der Waals surface area contributed by atoms with Crippen LogP contribution < -0.4 is 0 Å². The predicted octanol–water partition coefficient (Wildman–Crippen LogP) is 4.81. The van der Waals surface area contributed by atoms with Crippen molar-refractivity contribution >= 4 is 11.8 Å². The molecule has 6 heteroatoms. The zero-order chi connectivity index (χ0) is 18.8. The highest BCUT2D eigenvalue weighted by molar-refractivity contribution is 7.99. The minimum absolute atomic E-state index is 0.635. The number of rotatable bonds is 4. The maximum Gasteiger partial charge on any atom is 0.159 e. The van der Waals surface area contributed by atoms with Gasteiger partial charge in [0.15, 0.2) is 5.82 Å². The summed E-state index contributed by atoms with van der Waals surface area (Å²) in [6.45, 7) is 2.08. The fourth-order valence-corrected chi connectivity index (χ4v) is 3.81. The van der Waals surface area contributed by atoms with Crippen LogP contribution in [0.15, 0.2) is 70.7 Å². The third kappa shape index (κ3) is 3.37. The van der Waals surface area contributed by atoms with Crippen LogP contribution in [0.3, 0.4) is 0 Å². The molecule has 4 aromatic rings. The third-order valence-electron chi connectivity index (χ3n) is 4.31. The van der Waals surface area contributed by atoms with E-state index in [-0.39, 0.29) is 0 Å². The van der Waals surface area contributed by atoms with Gasteiger partial charge in [0.1, 0.15) is 16.4 Å². The maximum atomic E-state index is 9.06. The average molecular weight is 371 g/mol. The van der Waals surface area contributed by atoms with Crippen LogP contribution in [-0.4, -0.2) is 19.7 Å². The van der Waals surface area contributed by atoms with Gasteiger partial charge in [0, 0.05) is 23.7 Å². The molecule has 0 aliphatic heterocycles. The molecule has 0 fully saturated rings. The van der Waals surface area contributed by atoms with Crippen LogP contribution in [0, 0.1) is 18.3 Å².